The predicted molar refractivity (Wildman–Crippen MR) is 582 cm³/mol. The van der Waals surface area contributed by atoms with E-state index in [4.69, 9.17) is 31.1 Å². The number of aliphatic imine (C=N–C) groups is 2. The minimum Gasteiger partial charge on any atom is -0.443 e. The minimum atomic E-state index is -0.216. The number of rotatable bonds is 22. The third-order valence-corrected chi connectivity index (χ3v) is 24.3. The maximum atomic E-state index is 13.6. The molecule has 0 fully saturated rings. The van der Waals surface area contributed by atoms with Gasteiger partial charge in [-0.3, -0.25) is 39.9 Å². The Kier molecular flexibility index (Phi) is 34.1. The Balaban J connectivity index is 0.000000129. The van der Waals surface area contributed by atoms with Gasteiger partial charge in [0.05, 0.1) is 34.2 Å². The second kappa shape index (κ2) is 48.5. The van der Waals surface area contributed by atoms with Gasteiger partial charge in [-0.05, 0) is 276 Å². The number of likely N-dealkylation sites (N-methyl/N-ethyl adjacent to an activating group) is 2. The highest BCUT2D eigenvalue weighted by Crippen LogP contribution is 2.40. The number of fused-ring (bicyclic) bond motifs is 2. The zero-order valence-corrected chi connectivity index (χ0v) is 81.6. The lowest BCUT2D eigenvalue weighted by molar-refractivity contribution is 0.568. The molecule has 8 heterocycles. The van der Waals surface area contributed by atoms with Crippen LogP contribution in [-0.2, 0) is 0 Å². The molecule has 0 saturated heterocycles. The van der Waals surface area contributed by atoms with Crippen molar-refractivity contribution in [2.45, 2.75) is 81.3 Å². The Morgan fingerprint density at radius 3 is 0.923 bits per heavy atom. The van der Waals surface area contributed by atoms with Crippen LogP contribution < -0.4 is 22.1 Å². The topological polar surface area (TPSA) is 278 Å². The van der Waals surface area contributed by atoms with Gasteiger partial charge in [-0.2, -0.15) is 0 Å². The number of halogens is 3. The van der Waals surface area contributed by atoms with E-state index < -0.39 is 0 Å². The van der Waals surface area contributed by atoms with Crippen LogP contribution in [0.25, 0.3) is 145 Å². The number of nitrogens with zero attached hydrogens (tertiary/aromatic N) is 10. The summed E-state index contributed by atoms with van der Waals surface area (Å²) in [4.78, 5) is 44.3. The van der Waals surface area contributed by atoms with Gasteiger partial charge >= 0.3 is 0 Å². The second-order valence-corrected chi connectivity index (χ2v) is 34.5. The maximum absolute atomic E-state index is 13.6. The van der Waals surface area contributed by atoms with Gasteiger partial charge in [-0.1, -0.05) is 182 Å². The molecule has 18 nitrogen and oxygen atoms in total. The van der Waals surface area contributed by atoms with Gasteiger partial charge in [0.2, 0.25) is 0 Å². The second-order valence-electron chi connectivity index (χ2n) is 34.5. The van der Waals surface area contributed by atoms with E-state index in [0.717, 1.165) is 193 Å². The summed E-state index contributed by atoms with van der Waals surface area (Å²) in [7, 11) is 0. The Morgan fingerprint density at radius 2 is 0.622 bits per heavy atom. The van der Waals surface area contributed by atoms with Crippen molar-refractivity contribution in [3.63, 3.8) is 0 Å². The Hall–Kier alpha value is -17.0. The Morgan fingerprint density at radius 1 is 0.329 bits per heavy atom. The van der Waals surface area contributed by atoms with E-state index in [1.807, 2.05) is 172 Å². The molecular weight excluding hydrogens is 1780 g/mol. The number of allylic oxidation sites excluding steroid dienone is 4. The van der Waals surface area contributed by atoms with Crippen LogP contribution in [0.5, 0.6) is 0 Å². The van der Waals surface area contributed by atoms with E-state index in [1.165, 1.54) is 60.1 Å². The lowest BCUT2D eigenvalue weighted by Crippen LogP contribution is -2.35. The van der Waals surface area contributed by atoms with E-state index in [1.54, 1.807) is 63.8 Å². The molecule has 10 aromatic carbocycles. The monoisotopic (exact) mass is 1890 g/mol. The number of oxazole rings is 2. The molecular formula is C122H113F3N16O2. The maximum Gasteiger partial charge on any atom is 0.181 e. The molecule has 4 atom stereocenters. The van der Waals surface area contributed by atoms with Crippen molar-refractivity contribution in [3.8, 4) is 112 Å². The fraction of sp³-hybridized carbons (Fsp3) is 0.148. The molecule has 4 unspecified atom stereocenters. The first-order valence-electron chi connectivity index (χ1n) is 47.6. The summed E-state index contributed by atoms with van der Waals surface area (Å²) < 4.78 is 51.5. The molecule has 2 aliphatic rings. The molecule has 0 radical (unpaired) electrons. The number of nitrogens with one attached hydrogen (secondary N) is 4. The van der Waals surface area contributed by atoms with Crippen LogP contribution in [0.2, 0.25) is 0 Å². The fourth-order valence-electron chi connectivity index (χ4n) is 17.0. The first-order chi connectivity index (χ1) is 69.7. The summed E-state index contributed by atoms with van der Waals surface area (Å²) in [5.74, 6) is -0.574. The molecule has 0 bridgehead atoms. The summed E-state index contributed by atoms with van der Waals surface area (Å²) in [6.07, 6.45) is 33.0. The van der Waals surface area contributed by atoms with Crippen LogP contribution >= 0.6 is 0 Å². The number of hydrogen-bond donors (Lipinski definition) is 6. The standard InChI is InChI=1S/C21H20FN3.C21H22FN3.C21H21N3.C21H23N3.C19H13FN2O.C19H14N2O/c1-3-24-13-17-12-15(7-9-20(17)23)18-5-4-10-25-21(18)16-6-8-19(22)14(2)11-16;1-3-24-20-9-7-15(12-17(20)13-23)18-5-4-10-25-21(18)16-6-8-19(22)14(2)11-16;1-3-23-14-18-13-16(9-10-20(18)22)19-8-5-11-24-21(19)17-7-4-6-15(2)12-17;1-3-23-20-10-9-16(13-18(20)14-22)19-8-5-11-24-21(19)17-7-4-6-15(2)12-17;1-12-9-14(4-6-16(12)20)19-15(3-2-8-21-19)13-5-7-17-18(10-13)23-11-22-17;1-13-4-2-5-15(10-13)19-16(6-3-9-20-19)14-7-8-17-18(11-14)22-12-21-17/h4-13H,3,23H2,1-2H3;4-13,17,20,23-24H,3H2,1-2H3;4-14H,3,22H2,1-2H3;4-14,18,20,22-23H,3H2,1-2H3;2-11H,1H3;2-12H,1H3. The van der Waals surface area contributed by atoms with Crippen LogP contribution in [0, 0.1) is 81.6 Å². The number of anilines is 2. The smallest absolute Gasteiger partial charge is 0.181 e. The van der Waals surface area contributed by atoms with Crippen LogP contribution in [0.15, 0.2) is 378 Å². The van der Waals surface area contributed by atoms with Crippen molar-refractivity contribution in [1.82, 2.24) is 50.5 Å². The molecule has 2 aliphatic carbocycles. The summed E-state index contributed by atoms with van der Waals surface area (Å²) in [6, 6.07) is 88.4. The van der Waals surface area contributed by atoms with Crippen LogP contribution in [0.1, 0.15) is 83.3 Å². The van der Waals surface area contributed by atoms with E-state index in [2.05, 4.69) is 235 Å². The first kappa shape index (κ1) is 100. The number of nitrogens with two attached hydrogens (primary N) is 2. The average molecular weight is 1890 g/mol. The molecule has 0 spiro atoms. The minimum absolute atomic E-state index is 0.00274. The van der Waals surface area contributed by atoms with Crippen LogP contribution in [-0.4, -0.2) is 103 Å². The largest absolute Gasteiger partial charge is 0.443 e. The van der Waals surface area contributed by atoms with Crippen LogP contribution in [0.4, 0.5) is 24.5 Å². The van der Waals surface area contributed by atoms with Gasteiger partial charge in [0.15, 0.2) is 24.0 Å². The molecule has 143 heavy (non-hydrogen) atoms. The van der Waals surface area contributed by atoms with Crippen molar-refractivity contribution >= 4 is 69.6 Å². The Labute approximate surface area is 833 Å². The van der Waals surface area contributed by atoms with Crippen molar-refractivity contribution < 1.29 is 22.0 Å². The molecule has 18 aromatic rings. The quantitative estimate of drug-likeness (QED) is 0.0272. The molecule has 8 aromatic heterocycles. The normalized spacial score (nSPS) is 14.0. The zero-order valence-electron chi connectivity index (χ0n) is 81.6. The first-order valence-corrected chi connectivity index (χ1v) is 47.6. The highest BCUT2D eigenvalue weighted by molar-refractivity contribution is 5.95. The summed E-state index contributed by atoms with van der Waals surface area (Å²) in [5.41, 5.74) is 48.0. The molecule has 0 amide bonds. The van der Waals surface area contributed by atoms with Crippen molar-refractivity contribution in [3.05, 3.63) is 432 Å². The lowest BCUT2D eigenvalue weighted by Gasteiger charge is -2.24. The SMILES string of the molecule is CCN=Cc1cc(-c2cccnc2-c2ccc(F)c(C)c2)ccc1N.CCN=Cc1cc(-c2cccnc2-c2cccc(C)c2)ccc1N.CCNC1C=CC(c2cccnc2-c2ccc(F)c(C)c2)=CC1C=N.CCNC1C=CC(c2cccnc2-c2cccc(C)c2)=CC1C=N.Cc1cc(-c2ncccc2-c2ccc3ncoc3c2)ccc1F.Cc1cccc(-c2ncccc2-c2ccc3ncoc3c2)c1. The predicted octanol–water partition coefficient (Wildman–Crippen LogP) is 28.1. The van der Waals surface area contributed by atoms with E-state index in [9.17, 15) is 13.2 Å². The number of aromatic nitrogens is 8. The molecule has 8 N–H and O–H groups in total. The molecule has 20 rings (SSSR count). The van der Waals surface area contributed by atoms with Gasteiger partial charge in [0.25, 0.3) is 0 Å². The van der Waals surface area contributed by atoms with Crippen molar-refractivity contribution in [1.29, 1.82) is 10.8 Å². The van der Waals surface area contributed by atoms with Crippen molar-refractivity contribution in [2.75, 3.05) is 37.6 Å². The van der Waals surface area contributed by atoms with Gasteiger partial charge in [0.1, 0.15) is 28.5 Å². The summed E-state index contributed by atoms with van der Waals surface area (Å²) in [5, 5.41) is 22.3. The number of nitrogen functional groups attached to an aromatic ring is 2. The third-order valence-electron chi connectivity index (χ3n) is 24.3. The van der Waals surface area contributed by atoms with E-state index >= 15 is 0 Å². The molecule has 0 saturated carbocycles. The summed E-state index contributed by atoms with van der Waals surface area (Å²) >= 11 is 0. The average Bonchev–Trinajstić information content (AvgIpc) is 0.856. The fourth-order valence-corrected chi connectivity index (χ4v) is 17.0. The number of aryl methyl sites for hydroxylation is 6. The van der Waals surface area contributed by atoms with Gasteiger partial charge in [-0.25, -0.2) is 23.1 Å². The molecule has 0 aliphatic heterocycles. The highest BCUT2D eigenvalue weighted by atomic mass is 19.1. The van der Waals surface area contributed by atoms with Gasteiger partial charge in [0, 0.05) is 188 Å². The Bertz CT molecular complexity index is 7740. The number of pyridine rings is 6. The van der Waals surface area contributed by atoms with Gasteiger partial charge < -0.3 is 41.8 Å². The zero-order chi connectivity index (χ0) is 100. The van der Waals surface area contributed by atoms with Gasteiger partial charge in [-0.15, -0.1) is 0 Å². The summed E-state index contributed by atoms with van der Waals surface area (Å²) in [6.45, 7) is 22.9. The lowest BCUT2D eigenvalue weighted by atomic mass is 9.88. The highest BCUT2D eigenvalue weighted by Gasteiger charge is 2.25. The molecule has 714 valence electrons. The third kappa shape index (κ3) is 25.2. The number of benzene rings is 10. The molecule has 21 heteroatoms. The van der Waals surface area contributed by atoms with E-state index in [0.29, 0.717) is 28.9 Å². The van der Waals surface area contributed by atoms with Crippen molar-refractivity contribution in [2.24, 2.45) is 21.8 Å². The van der Waals surface area contributed by atoms with Crippen LogP contribution in [0.3, 0.4) is 0 Å². The number of hydrogen-bond acceptors (Lipinski definition) is 18. The van der Waals surface area contributed by atoms with E-state index in [-0.39, 0.29) is 41.4 Å².